The number of nitrogens with zero attached hydrogens (tertiary/aromatic N) is 1. The minimum atomic E-state index is -0.215. The normalized spacial score (nSPS) is 16.3. The number of thioether (sulfide) groups is 1. The van der Waals surface area contributed by atoms with Crippen LogP contribution in [0.5, 0.6) is 0 Å². The summed E-state index contributed by atoms with van der Waals surface area (Å²) >= 11 is 1.02. The average Bonchev–Trinajstić information content (AvgIpc) is 2.79. The standard InChI is InChI=1S/C20H19NO2S/c1-13-9-14(2)17(15(3)10-13)11-18-19(22)21(20(23)24-18)12-16-7-5-4-6-8-16/h4-11H,12H2,1-3H3/b18-11-. The van der Waals surface area contributed by atoms with E-state index in [1.807, 2.05) is 50.3 Å². The summed E-state index contributed by atoms with van der Waals surface area (Å²) in [4.78, 5) is 26.7. The van der Waals surface area contributed by atoms with Crippen molar-refractivity contribution in [2.24, 2.45) is 0 Å². The molecule has 1 heterocycles. The van der Waals surface area contributed by atoms with Gasteiger partial charge in [0.2, 0.25) is 0 Å². The van der Waals surface area contributed by atoms with Crippen molar-refractivity contribution in [3.8, 4) is 0 Å². The molecule has 1 aliphatic rings. The lowest BCUT2D eigenvalue weighted by Gasteiger charge is -2.12. The zero-order chi connectivity index (χ0) is 17.3. The second-order valence-corrected chi connectivity index (χ2v) is 7.06. The molecule has 1 fully saturated rings. The highest BCUT2D eigenvalue weighted by molar-refractivity contribution is 8.18. The molecule has 0 N–H and O–H groups in total. The second-order valence-electron chi connectivity index (χ2n) is 6.07. The van der Waals surface area contributed by atoms with Crippen LogP contribution in [0.3, 0.4) is 0 Å². The molecular formula is C20H19NO2S. The molecule has 24 heavy (non-hydrogen) atoms. The maximum atomic E-state index is 12.6. The van der Waals surface area contributed by atoms with E-state index in [4.69, 9.17) is 0 Å². The Hall–Kier alpha value is -2.33. The van der Waals surface area contributed by atoms with Gasteiger partial charge in [0.1, 0.15) is 0 Å². The molecule has 3 nitrogen and oxygen atoms in total. The first-order valence-corrected chi connectivity index (χ1v) is 8.64. The molecule has 122 valence electrons. The Morgan fingerprint density at radius 3 is 2.25 bits per heavy atom. The minimum Gasteiger partial charge on any atom is -0.268 e. The summed E-state index contributed by atoms with van der Waals surface area (Å²) in [5, 5.41) is -0.211. The Labute approximate surface area is 146 Å². The Balaban J connectivity index is 1.89. The van der Waals surface area contributed by atoms with E-state index in [0.29, 0.717) is 11.4 Å². The van der Waals surface area contributed by atoms with Crippen molar-refractivity contribution < 1.29 is 9.59 Å². The average molecular weight is 337 g/mol. The summed E-state index contributed by atoms with van der Waals surface area (Å²) in [7, 11) is 0. The van der Waals surface area contributed by atoms with Gasteiger partial charge in [-0.25, -0.2) is 0 Å². The Morgan fingerprint density at radius 2 is 1.62 bits per heavy atom. The lowest BCUT2D eigenvalue weighted by atomic mass is 9.99. The summed E-state index contributed by atoms with van der Waals surface area (Å²) in [6.45, 7) is 6.42. The first-order chi connectivity index (χ1) is 11.5. The number of aryl methyl sites for hydroxylation is 3. The number of carbonyl (C=O) groups excluding carboxylic acids is 2. The molecule has 0 aliphatic carbocycles. The first kappa shape index (κ1) is 16.5. The van der Waals surface area contributed by atoms with Gasteiger partial charge in [0.05, 0.1) is 11.4 Å². The summed E-state index contributed by atoms with van der Waals surface area (Å²) in [6.07, 6.45) is 1.85. The van der Waals surface area contributed by atoms with Crippen LogP contribution in [0, 0.1) is 20.8 Å². The fraction of sp³-hybridized carbons (Fsp3) is 0.200. The van der Waals surface area contributed by atoms with Gasteiger partial charge < -0.3 is 0 Å². The topological polar surface area (TPSA) is 37.4 Å². The van der Waals surface area contributed by atoms with Crippen molar-refractivity contribution in [2.45, 2.75) is 27.3 Å². The largest absolute Gasteiger partial charge is 0.293 e. The maximum Gasteiger partial charge on any atom is 0.293 e. The molecular weight excluding hydrogens is 318 g/mol. The molecule has 2 aromatic rings. The lowest BCUT2D eigenvalue weighted by molar-refractivity contribution is -0.123. The third kappa shape index (κ3) is 3.29. The minimum absolute atomic E-state index is 0.211. The Bertz CT molecular complexity index is 817. The van der Waals surface area contributed by atoms with Crippen molar-refractivity contribution in [3.63, 3.8) is 0 Å². The van der Waals surface area contributed by atoms with Crippen LogP contribution in [0.4, 0.5) is 4.79 Å². The van der Waals surface area contributed by atoms with Crippen molar-refractivity contribution in [1.82, 2.24) is 4.90 Å². The molecule has 4 heteroatoms. The quantitative estimate of drug-likeness (QED) is 0.752. The Kier molecular flexibility index (Phi) is 4.58. The van der Waals surface area contributed by atoms with E-state index in [1.54, 1.807) is 0 Å². The third-order valence-corrected chi connectivity index (χ3v) is 4.98. The number of hydrogen-bond acceptors (Lipinski definition) is 3. The molecule has 0 bridgehead atoms. The van der Waals surface area contributed by atoms with E-state index < -0.39 is 0 Å². The van der Waals surface area contributed by atoms with E-state index >= 15 is 0 Å². The van der Waals surface area contributed by atoms with Crippen molar-refractivity contribution >= 4 is 29.0 Å². The molecule has 2 amide bonds. The van der Waals surface area contributed by atoms with Gasteiger partial charge in [0.15, 0.2) is 0 Å². The van der Waals surface area contributed by atoms with Crippen LogP contribution in [0.2, 0.25) is 0 Å². The van der Waals surface area contributed by atoms with Crippen LogP contribution in [-0.4, -0.2) is 16.0 Å². The highest BCUT2D eigenvalue weighted by Gasteiger charge is 2.35. The van der Waals surface area contributed by atoms with Gasteiger partial charge in [0, 0.05) is 0 Å². The maximum absolute atomic E-state index is 12.6. The lowest BCUT2D eigenvalue weighted by Crippen LogP contribution is -2.27. The van der Waals surface area contributed by atoms with Crippen molar-refractivity contribution in [2.75, 3.05) is 0 Å². The first-order valence-electron chi connectivity index (χ1n) is 7.83. The van der Waals surface area contributed by atoms with Crippen LogP contribution < -0.4 is 0 Å². The molecule has 3 rings (SSSR count). The fourth-order valence-electron chi connectivity index (χ4n) is 2.95. The van der Waals surface area contributed by atoms with E-state index in [1.165, 1.54) is 10.5 Å². The van der Waals surface area contributed by atoms with E-state index in [0.717, 1.165) is 34.0 Å². The van der Waals surface area contributed by atoms with Crippen LogP contribution >= 0.6 is 11.8 Å². The molecule has 0 atom stereocenters. The van der Waals surface area contributed by atoms with Gasteiger partial charge in [-0.2, -0.15) is 0 Å². The number of rotatable bonds is 3. The van der Waals surface area contributed by atoms with Gasteiger partial charge in [-0.3, -0.25) is 14.5 Å². The van der Waals surface area contributed by atoms with E-state index in [2.05, 4.69) is 19.1 Å². The number of amides is 2. The molecule has 0 spiro atoms. The zero-order valence-electron chi connectivity index (χ0n) is 14.0. The Morgan fingerprint density at radius 1 is 1.00 bits per heavy atom. The third-order valence-electron chi connectivity index (χ3n) is 4.07. The van der Waals surface area contributed by atoms with Gasteiger partial charge in [0.25, 0.3) is 11.1 Å². The number of hydrogen-bond donors (Lipinski definition) is 0. The number of carbonyl (C=O) groups is 2. The van der Waals surface area contributed by atoms with Crippen LogP contribution in [0.25, 0.3) is 6.08 Å². The molecule has 0 unspecified atom stereocenters. The highest BCUT2D eigenvalue weighted by Crippen LogP contribution is 2.34. The van der Waals surface area contributed by atoms with Crippen LogP contribution in [0.15, 0.2) is 47.4 Å². The van der Waals surface area contributed by atoms with Gasteiger partial charge in [-0.1, -0.05) is 48.0 Å². The van der Waals surface area contributed by atoms with Crippen LogP contribution in [0.1, 0.15) is 27.8 Å². The van der Waals surface area contributed by atoms with Crippen molar-refractivity contribution in [1.29, 1.82) is 0 Å². The summed E-state index contributed by atoms with van der Waals surface area (Å²) < 4.78 is 0. The fourth-order valence-corrected chi connectivity index (χ4v) is 3.77. The summed E-state index contributed by atoms with van der Waals surface area (Å²) in [6, 6.07) is 13.7. The van der Waals surface area contributed by atoms with Crippen LogP contribution in [-0.2, 0) is 11.3 Å². The summed E-state index contributed by atoms with van der Waals surface area (Å²) in [5.74, 6) is -0.215. The molecule has 0 radical (unpaired) electrons. The molecule has 0 aromatic heterocycles. The summed E-state index contributed by atoms with van der Waals surface area (Å²) in [5.41, 5.74) is 5.39. The van der Waals surface area contributed by atoms with E-state index in [9.17, 15) is 9.59 Å². The van der Waals surface area contributed by atoms with Gasteiger partial charge >= 0.3 is 0 Å². The van der Waals surface area contributed by atoms with E-state index in [-0.39, 0.29) is 11.1 Å². The zero-order valence-corrected chi connectivity index (χ0v) is 14.8. The molecule has 1 saturated heterocycles. The number of benzene rings is 2. The predicted octanol–water partition coefficient (Wildman–Crippen LogP) is 4.85. The monoisotopic (exact) mass is 337 g/mol. The smallest absolute Gasteiger partial charge is 0.268 e. The highest BCUT2D eigenvalue weighted by atomic mass is 32.2. The molecule has 2 aromatic carbocycles. The van der Waals surface area contributed by atoms with Gasteiger partial charge in [-0.15, -0.1) is 0 Å². The van der Waals surface area contributed by atoms with Crippen molar-refractivity contribution in [3.05, 3.63) is 75.2 Å². The predicted molar refractivity (Wildman–Crippen MR) is 98.6 cm³/mol. The SMILES string of the molecule is Cc1cc(C)c(/C=C2\SC(=O)N(Cc3ccccc3)C2=O)c(C)c1. The molecule has 1 aliphatic heterocycles. The molecule has 0 saturated carbocycles. The van der Waals surface area contributed by atoms with Gasteiger partial charge in [-0.05, 0) is 60.9 Å². The number of imide groups is 1. The second kappa shape index (κ2) is 6.65.